The average molecular weight is 325 g/mol. The fraction of sp³-hybridized carbons (Fsp3) is 0.250. The molecule has 3 rings (SSSR count). The SMILES string of the molecule is O=C(Nc1nnc(C2CC2)s1)c1cc(Cl)ccc1[N+](=O)[O-]. The highest BCUT2D eigenvalue weighted by Gasteiger charge is 2.28. The van der Waals surface area contributed by atoms with Gasteiger partial charge in [0.1, 0.15) is 10.6 Å². The Kier molecular flexibility index (Phi) is 3.56. The van der Waals surface area contributed by atoms with Crippen molar-refractivity contribution in [2.24, 2.45) is 0 Å². The van der Waals surface area contributed by atoms with Crippen LogP contribution in [0.4, 0.5) is 10.8 Å². The maximum Gasteiger partial charge on any atom is 0.282 e. The molecular weight excluding hydrogens is 316 g/mol. The second-order valence-electron chi connectivity index (χ2n) is 4.59. The summed E-state index contributed by atoms with van der Waals surface area (Å²) in [6.07, 6.45) is 2.17. The van der Waals surface area contributed by atoms with Gasteiger partial charge in [0.25, 0.3) is 11.6 Å². The number of halogens is 1. The van der Waals surface area contributed by atoms with Crippen molar-refractivity contribution in [2.45, 2.75) is 18.8 Å². The van der Waals surface area contributed by atoms with Crippen LogP contribution >= 0.6 is 22.9 Å². The lowest BCUT2D eigenvalue weighted by Gasteiger charge is -2.03. The second-order valence-corrected chi connectivity index (χ2v) is 6.04. The van der Waals surface area contributed by atoms with E-state index in [0.717, 1.165) is 17.8 Å². The molecule has 0 aliphatic heterocycles. The van der Waals surface area contributed by atoms with Gasteiger partial charge in [0.15, 0.2) is 0 Å². The maximum atomic E-state index is 12.2. The van der Waals surface area contributed by atoms with Crippen LogP contribution < -0.4 is 5.32 Å². The highest BCUT2D eigenvalue weighted by Crippen LogP contribution is 2.42. The predicted molar refractivity (Wildman–Crippen MR) is 77.9 cm³/mol. The Hall–Kier alpha value is -2.06. The number of nitrogens with zero attached hydrogens (tertiary/aromatic N) is 3. The van der Waals surface area contributed by atoms with Crippen LogP contribution in [0.2, 0.25) is 5.02 Å². The highest BCUT2D eigenvalue weighted by atomic mass is 35.5. The molecule has 1 amide bonds. The highest BCUT2D eigenvalue weighted by molar-refractivity contribution is 7.15. The van der Waals surface area contributed by atoms with Crippen LogP contribution in [-0.4, -0.2) is 21.0 Å². The number of aromatic nitrogens is 2. The molecule has 1 N–H and O–H groups in total. The maximum absolute atomic E-state index is 12.2. The second kappa shape index (κ2) is 5.38. The molecule has 1 aromatic carbocycles. The molecule has 0 saturated heterocycles. The van der Waals surface area contributed by atoms with E-state index < -0.39 is 10.8 Å². The molecule has 1 aliphatic rings. The molecular formula is C12H9ClN4O3S. The topological polar surface area (TPSA) is 98.0 Å². The van der Waals surface area contributed by atoms with Crippen molar-refractivity contribution < 1.29 is 9.72 Å². The molecule has 0 bridgehead atoms. The molecule has 1 heterocycles. The summed E-state index contributed by atoms with van der Waals surface area (Å²) in [7, 11) is 0. The van der Waals surface area contributed by atoms with Gasteiger partial charge in [0.2, 0.25) is 5.13 Å². The lowest BCUT2D eigenvalue weighted by atomic mass is 10.1. The molecule has 1 saturated carbocycles. The van der Waals surface area contributed by atoms with Gasteiger partial charge in [-0.3, -0.25) is 20.2 Å². The molecule has 0 spiro atoms. The number of nitro benzene ring substituents is 1. The largest absolute Gasteiger partial charge is 0.296 e. The van der Waals surface area contributed by atoms with Crippen molar-refractivity contribution >= 4 is 39.7 Å². The number of nitro groups is 1. The number of carbonyl (C=O) groups excluding carboxylic acids is 1. The minimum atomic E-state index is -0.624. The molecule has 1 aliphatic carbocycles. The predicted octanol–water partition coefficient (Wildman–Crippen LogP) is 3.23. The normalized spacial score (nSPS) is 14.0. The smallest absolute Gasteiger partial charge is 0.282 e. The molecule has 9 heteroatoms. The van der Waals surface area contributed by atoms with E-state index in [1.165, 1.54) is 29.5 Å². The fourth-order valence-electron chi connectivity index (χ4n) is 1.79. The summed E-state index contributed by atoms with van der Waals surface area (Å²) in [4.78, 5) is 22.5. The van der Waals surface area contributed by atoms with E-state index in [0.29, 0.717) is 11.0 Å². The van der Waals surface area contributed by atoms with E-state index in [9.17, 15) is 14.9 Å². The van der Waals surface area contributed by atoms with Crippen LogP contribution in [0.1, 0.15) is 34.1 Å². The lowest BCUT2D eigenvalue weighted by molar-refractivity contribution is -0.385. The van der Waals surface area contributed by atoms with E-state index >= 15 is 0 Å². The lowest BCUT2D eigenvalue weighted by Crippen LogP contribution is -2.13. The summed E-state index contributed by atoms with van der Waals surface area (Å²) in [5.74, 6) is -0.184. The van der Waals surface area contributed by atoms with Crippen molar-refractivity contribution in [3.8, 4) is 0 Å². The molecule has 7 nitrogen and oxygen atoms in total. The molecule has 0 unspecified atom stereocenters. The third-order valence-corrected chi connectivity index (χ3v) is 4.22. The summed E-state index contributed by atoms with van der Waals surface area (Å²) in [6.45, 7) is 0. The molecule has 1 fully saturated rings. The Labute approximate surface area is 128 Å². The Morgan fingerprint density at radius 2 is 2.19 bits per heavy atom. The Morgan fingerprint density at radius 3 is 2.86 bits per heavy atom. The van der Waals surface area contributed by atoms with Crippen molar-refractivity contribution in [1.82, 2.24) is 10.2 Å². The Balaban J connectivity index is 1.83. The number of rotatable bonds is 4. The number of benzene rings is 1. The first-order chi connectivity index (χ1) is 10.0. The monoisotopic (exact) mass is 324 g/mol. The minimum Gasteiger partial charge on any atom is -0.296 e. The first-order valence-electron chi connectivity index (χ1n) is 6.13. The van der Waals surface area contributed by atoms with Gasteiger partial charge in [-0.1, -0.05) is 22.9 Å². The van der Waals surface area contributed by atoms with Gasteiger partial charge in [0.05, 0.1) is 4.92 Å². The zero-order valence-corrected chi connectivity index (χ0v) is 12.1. The Bertz CT molecular complexity index is 729. The van der Waals surface area contributed by atoms with Gasteiger partial charge in [-0.25, -0.2) is 0 Å². The summed E-state index contributed by atoms with van der Waals surface area (Å²) >= 11 is 7.08. The number of carbonyl (C=O) groups is 1. The van der Waals surface area contributed by atoms with Crippen molar-refractivity contribution in [3.05, 3.63) is 43.9 Å². The van der Waals surface area contributed by atoms with Crippen LogP contribution in [-0.2, 0) is 0 Å². The van der Waals surface area contributed by atoms with E-state index in [1.807, 2.05) is 0 Å². The van der Waals surface area contributed by atoms with Crippen molar-refractivity contribution in [2.75, 3.05) is 5.32 Å². The zero-order chi connectivity index (χ0) is 15.0. The summed E-state index contributed by atoms with van der Waals surface area (Å²) in [6, 6.07) is 3.83. The van der Waals surface area contributed by atoms with Crippen molar-refractivity contribution in [3.63, 3.8) is 0 Å². The molecule has 0 atom stereocenters. The van der Waals surface area contributed by atoms with Crippen LogP contribution in [0.25, 0.3) is 0 Å². The first-order valence-corrected chi connectivity index (χ1v) is 7.32. The van der Waals surface area contributed by atoms with E-state index in [2.05, 4.69) is 15.5 Å². The van der Waals surface area contributed by atoms with Gasteiger partial charge in [-0.05, 0) is 25.0 Å². The van der Waals surface area contributed by atoms with Gasteiger partial charge >= 0.3 is 0 Å². The number of hydrogen-bond donors (Lipinski definition) is 1. The number of amides is 1. The molecule has 108 valence electrons. The first kappa shape index (κ1) is 13.9. The van der Waals surface area contributed by atoms with Gasteiger partial charge in [-0.15, -0.1) is 10.2 Å². The van der Waals surface area contributed by atoms with Gasteiger partial charge in [-0.2, -0.15) is 0 Å². The molecule has 0 radical (unpaired) electrons. The zero-order valence-electron chi connectivity index (χ0n) is 10.6. The summed E-state index contributed by atoms with van der Waals surface area (Å²) in [5.41, 5.74) is -0.403. The fourth-order valence-corrected chi connectivity index (χ4v) is 2.87. The third-order valence-electron chi connectivity index (χ3n) is 2.99. The van der Waals surface area contributed by atoms with E-state index in [4.69, 9.17) is 11.6 Å². The molecule has 2 aromatic rings. The van der Waals surface area contributed by atoms with E-state index in [-0.39, 0.29) is 16.3 Å². The van der Waals surface area contributed by atoms with Crippen LogP contribution in [0, 0.1) is 10.1 Å². The third kappa shape index (κ3) is 3.01. The van der Waals surface area contributed by atoms with Crippen molar-refractivity contribution in [1.29, 1.82) is 0 Å². The summed E-state index contributed by atoms with van der Waals surface area (Å²) in [5, 5.41) is 22.8. The van der Waals surface area contributed by atoms with Crippen LogP contribution in [0.5, 0.6) is 0 Å². The quantitative estimate of drug-likeness (QED) is 0.687. The Morgan fingerprint density at radius 1 is 1.43 bits per heavy atom. The van der Waals surface area contributed by atoms with Gasteiger partial charge in [0, 0.05) is 17.0 Å². The number of nitrogens with one attached hydrogen (secondary N) is 1. The average Bonchev–Trinajstić information content (AvgIpc) is 3.19. The van der Waals surface area contributed by atoms with Gasteiger partial charge < -0.3 is 0 Å². The van der Waals surface area contributed by atoms with E-state index in [1.54, 1.807) is 0 Å². The standard InChI is InChI=1S/C12H9ClN4O3S/c13-7-3-4-9(17(19)20)8(5-7)10(18)14-12-16-15-11(21-12)6-1-2-6/h3-6H,1-2H2,(H,14,16,18). The summed E-state index contributed by atoms with van der Waals surface area (Å²) < 4.78 is 0. The molecule has 21 heavy (non-hydrogen) atoms. The minimum absolute atomic E-state index is 0.101. The van der Waals surface area contributed by atoms with Crippen LogP contribution in [0.3, 0.4) is 0 Å². The van der Waals surface area contributed by atoms with Crippen LogP contribution in [0.15, 0.2) is 18.2 Å². The number of anilines is 1. The molecule has 1 aromatic heterocycles. The number of hydrogen-bond acceptors (Lipinski definition) is 6.